The number of hydrogen-bond acceptors (Lipinski definition) is 6. The van der Waals surface area contributed by atoms with Crippen LogP contribution in [-0.2, 0) is 26.6 Å². The third-order valence-corrected chi connectivity index (χ3v) is 7.63. The summed E-state index contributed by atoms with van der Waals surface area (Å²) in [5, 5.41) is 11.2. The Morgan fingerprint density at radius 3 is 2.27 bits per heavy atom. The number of aliphatic hydroxyl groups is 1. The number of para-hydroxylation sites is 1. The molecule has 0 fully saturated rings. The summed E-state index contributed by atoms with van der Waals surface area (Å²) in [7, 11) is -2.33. The summed E-state index contributed by atoms with van der Waals surface area (Å²) in [5.74, 6) is -1.55. The number of aliphatic hydroxyl groups excluding tert-OH is 1. The van der Waals surface area contributed by atoms with Crippen molar-refractivity contribution in [2.24, 2.45) is 7.05 Å². The number of carbonyl (C=O) groups is 2. The standard InChI is InChI=1S/C27H25ClN2O6S/c1-17(31)25(29-37(34,35)20-14-12-19(28)13-15-20)27(33)36-16-23(32)24-21-10-6-7-11-22(21)30(2)26(24)18-8-4-3-5-9-18/h3-15,17,25,29,31H,16H2,1-2H3/t17-,25-/m0/s1. The second kappa shape index (κ2) is 10.9. The number of aryl methyl sites for hydroxylation is 1. The number of nitrogens with zero attached hydrogens (tertiary/aromatic N) is 1. The van der Waals surface area contributed by atoms with Crippen molar-refractivity contribution in [3.63, 3.8) is 0 Å². The summed E-state index contributed by atoms with van der Waals surface area (Å²) < 4.78 is 34.7. The number of carbonyl (C=O) groups excluding carboxylic acids is 2. The van der Waals surface area contributed by atoms with Crippen molar-refractivity contribution in [3.05, 3.63) is 89.4 Å². The Balaban J connectivity index is 1.58. The zero-order valence-corrected chi connectivity index (χ0v) is 21.7. The summed E-state index contributed by atoms with van der Waals surface area (Å²) in [6, 6.07) is 20.4. The monoisotopic (exact) mass is 540 g/mol. The molecule has 0 spiro atoms. The molecule has 2 atom stereocenters. The first-order valence-electron chi connectivity index (χ1n) is 11.4. The van der Waals surface area contributed by atoms with Crippen LogP contribution in [0.15, 0.2) is 83.8 Å². The molecular weight excluding hydrogens is 516 g/mol. The number of halogens is 1. The van der Waals surface area contributed by atoms with Gasteiger partial charge in [-0.3, -0.25) is 9.59 Å². The van der Waals surface area contributed by atoms with E-state index in [1.54, 1.807) is 0 Å². The van der Waals surface area contributed by atoms with E-state index in [1.165, 1.54) is 31.2 Å². The molecule has 10 heteroatoms. The highest BCUT2D eigenvalue weighted by atomic mass is 35.5. The Hall–Kier alpha value is -3.50. The van der Waals surface area contributed by atoms with E-state index in [0.717, 1.165) is 11.1 Å². The Morgan fingerprint density at radius 2 is 1.62 bits per heavy atom. The van der Waals surface area contributed by atoms with Gasteiger partial charge >= 0.3 is 5.97 Å². The van der Waals surface area contributed by atoms with E-state index in [4.69, 9.17) is 16.3 Å². The van der Waals surface area contributed by atoms with Gasteiger partial charge in [0.25, 0.3) is 0 Å². The zero-order chi connectivity index (χ0) is 26.7. The average molecular weight is 541 g/mol. The van der Waals surface area contributed by atoms with Crippen LogP contribution in [0.2, 0.25) is 5.02 Å². The quantitative estimate of drug-likeness (QED) is 0.245. The molecule has 0 aliphatic rings. The van der Waals surface area contributed by atoms with Gasteiger partial charge in [0, 0.05) is 23.0 Å². The summed E-state index contributed by atoms with van der Waals surface area (Å²) >= 11 is 5.82. The Kier molecular flexibility index (Phi) is 7.79. The fourth-order valence-corrected chi connectivity index (χ4v) is 5.48. The van der Waals surface area contributed by atoms with Gasteiger partial charge in [0.05, 0.1) is 22.3 Å². The number of benzene rings is 3. The third kappa shape index (κ3) is 5.60. The van der Waals surface area contributed by atoms with Gasteiger partial charge in [0.2, 0.25) is 15.8 Å². The molecule has 0 amide bonds. The molecule has 0 saturated heterocycles. The number of ketones is 1. The van der Waals surface area contributed by atoms with Crippen molar-refractivity contribution in [3.8, 4) is 11.3 Å². The van der Waals surface area contributed by atoms with Gasteiger partial charge in [0.15, 0.2) is 6.61 Å². The van der Waals surface area contributed by atoms with Crippen LogP contribution in [0.25, 0.3) is 22.2 Å². The molecule has 0 radical (unpaired) electrons. The van der Waals surface area contributed by atoms with Gasteiger partial charge in [-0.25, -0.2) is 8.42 Å². The number of sulfonamides is 1. The molecule has 8 nitrogen and oxygen atoms in total. The third-order valence-electron chi connectivity index (χ3n) is 5.92. The number of Topliss-reactive ketones (excluding diaryl/α,β-unsaturated/α-hetero) is 1. The number of aromatic nitrogens is 1. The van der Waals surface area contributed by atoms with Crippen LogP contribution in [0, 0.1) is 0 Å². The van der Waals surface area contributed by atoms with Gasteiger partial charge in [-0.1, -0.05) is 60.1 Å². The van der Waals surface area contributed by atoms with Gasteiger partial charge < -0.3 is 14.4 Å². The van der Waals surface area contributed by atoms with Crippen molar-refractivity contribution in [1.82, 2.24) is 9.29 Å². The summed E-state index contributed by atoms with van der Waals surface area (Å²) in [4.78, 5) is 26.1. The Labute approximate surface area is 219 Å². The number of ether oxygens (including phenoxy) is 1. The fraction of sp³-hybridized carbons (Fsp3) is 0.185. The van der Waals surface area contributed by atoms with Gasteiger partial charge in [0.1, 0.15) is 6.04 Å². The first-order valence-corrected chi connectivity index (χ1v) is 13.2. The maximum absolute atomic E-state index is 13.4. The Morgan fingerprint density at radius 1 is 1.00 bits per heavy atom. The molecule has 4 rings (SSSR count). The minimum atomic E-state index is -4.18. The molecule has 4 aromatic rings. The minimum Gasteiger partial charge on any atom is -0.456 e. The molecule has 192 valence electrons. The largest absolute Gasteiger partial charge is 0.456 e. The zero-order valence-electron chi connectivity index (χ0n) is 20.1. The minimum absolute atomic E-state index is 0.144. The SMILES string of the molecule is C[C@H](O)[C@H](NS(=O)(=O)c1ccc(Cl)cc1)C(=O)OCC(=O)c1c(-c2ccccc2)n(C)c2ccccc12. The van der Waals surface area contributed by atoms with Crippen molar-refractivity contribution in [2.45, 2.75) is 24.0 Å². The number of rotatable bonds is 9. The van der Waals surface area contributed by atoms with Crippen LogP contribution in [0.1, 0.15) is 17.3 Å². The molecule has 0 saturated carbocycles. The summed E-state index contributed by atoms with van der Waals surface area (Å²) in [6.45, 7) is 0.606. The molecule has 0 bridgehead atoms. The molecule has 0 unspecified atom stereocenters. The van der Waals surface area contributed by atoms with Crippen molar-refractivity contribution in [1.29, 1.82) is 0 Å². The molecular formula is C27H25ClN2O6S. The molecule has 0 aliphatic carbocycles. The van der Waals surface area contributed by atoms with E-state index >= 15 is 0 Å². The maximum atomic E-state index is 13.4. The van der Waals surface area contributed by atoms with Crippen LogP contribution in [0.4, 0.5) is 0 Å². The molecule has 2 N–H and O–H groups in total. The lowest BCUT2D eigenvalue weighted by molar-refractivity contribution is -0.147. The molecule has 37 heavy (non-hydrogen) atoms. The van der Waals surface area contributed by atoms with Crippen molar-refractivity contribution < 1.29 is 27.9 Å². The molecule has 1 aromatic heterocycles. The van der Waals surface area contributed by atoms with Crippen LogP contribution < -0.4 is 4.72 Å². The van der Waals surface area contributed by atoms with Gasteiger partial charge in [-0.15, -0.1) is 0 Å². The van der Waals surface area contributed by atoms with E-state index in [-0.39, 0.29) is 4.90 Å². The predicted molar refractivity (Wildman–Crippen MR) is 141 cm³/mol. The lowest BCUT2D eigenvalue weighted by Gasteiger charge is -2.20. The summed E-state index contributed by atoms with van der Waals surface area (Å²) in [6.07, 6.45) is -1.43. The topological polar surface area (TPSA) is 115 Å². The van der Waals surface area contributed by atoms with Gasteiger partial charge in [-0.2, -0.15) is 4.72 Å². The molecule has 3 aromatic carbocycles. The second-order valence-electron chi connectivity index (χ2n) is 8.49. The van der Waals surface area contributed by atoms with Crippen LogP contribution in [0.3, 0.4) is 0 Å². The van der Waals surface area contributed by atoms with Crippen LogP contribution in [-0.4, -0.2) is 48.6 Å². The fourth-order valence-electron chi connectivity index (χ4n) is 4.10. The van der Waals surface area contributed by atoms with E-state index in [0.29, 0.717) is 21.7 Å². The second-order valence-corrected chi connectivity index (χ2v) is 10.6. The van der Waals surface area contributed by atoms with Crippen molar-refractivity contribution >= 4 is 44.3 Å². The highest BCUT2D eigenvalue weighted by Crippen LogP contribution is 2.33. The van der Waals surface area contributed by atoms with E-state index in [1.807, 2.05) is 66.2 Å². The lowest BCUT2D eigenvalue weighted by Crippen LogP contribution is -2.48. The summed E-state index contributed by atoms with van der Waals surface area (Å²) in [5.41, 5.74) is 2.69. The number of fused-ring (bicyclic) bond motifs is 1. The first kappa shape index (κ1) is 26.6. The van der Waals surface area contributed by atoms with Crippen LogP contribution >= 0.6 is 11.6 Å². The average Bonchev–Trinajstić information content (AvgIpc) is 3.19. The lowest BCUT2D eigenvalue weighted by atomic mass is 10.0. The number of nitrogens with one attached hydrogen (secondary N) is 1. The smallest absolute Gasteiger partial charge is 0.327 e. The van der Waals surface area contributed by atoms with Crippen LogP contribution in [0.5, 0.6) is 0 Å². The highest BCUT2D eigenvalue weighted by molar-refractivity contribution is 7.89. The normalized spacial score (nSPS) is 13.3. The number of hydrogen-bond donors (Lipinski definition) is 2. The highest BCUT2D eigenvalue weighted by Gasteiger charge is 2.32. The first-order chi connectivity index (χ1) is 17.6. The maximum Gasteiger partial charge on any atom is 0.327 e. The molecule has 1 heterocycles. The number of esters is 1. The van der Waals surface area contributed by atoms with E-state index in [2.05, 4.69) is 4.72 Å². The van der Waals surface area contributed by atoms with E-state index in [9.17, 15) is 23.1 Å². The van der Waals surface area contributed by atoms with Crippen molar-refractivity contribution in [2.75, 3.05) is 6.61 Å². The predicted octanol–water partition coefficient (Wildman–Crippen LogP) is 3.95. The Bertz CT molecular complexity index is 1550. The van der Waals surface area contributed by atoms with Gasteiger partial charge in [-0.05, 0) is 42.8 Å². The molecule has 0 aliphatic heterocycles. The van der Waals surface area contributed by atoms with E-state index < -0.39 is 40.5 Å².